The van der Waals surface area contributed by atoms with Gasteiger partial charge in [0, 0.05) is 10.9 Å². The van der Waals surface area contributed by atoms with Crippen LogP contribution in [0.3, 0.4) is 0 Å². The molecule has 1 N–H and O–H groups in total. The third-order valence-electron chi connectivity index (χ3n) is 5.38. The molecule has 1 aromatic heterocycles. The Hall–Kier alpha value is -1.12. The van der Waals surface area contributed by atoms with E-state index in [2.05, 4.69) is 54.9 Å². The molecule has 1 nitrogen and oxygen atoms in total. The molecule has 21 heavy (non-hydrogen) atoms. The lowest BCUT2D eigenvalue weighted by Crippen LogP contribution is -2.23. The number of hydrogen-bond donors (Lipinski definition) is 1. The second kappa shape index (κ2) is 5.26. The molecule has 4 atom stereocenters. The molecular formula is C19H23NS. The van der Waals surface area contributed by atoms with Gasteiger partial charge in [0.1, 0.15) is 0 Å². The van der Waals surface area contributed by atoms with Crippen LogP contribution in [0.1, 0.15) is 46.9 Å². The zero-order valence-electron chi connectivity index (χ0n) is 12.8. The maximum Gasteiger partial charge on any atom is 0.0454 e. The summed E-state index contributed by atoms with van der Waals surface area (Å²) in [4.78, 5) is 1.56. The summed E-state index contributed by atoms with van der Waals surface area (Å²) < 4.78 is 0. The Morgan fingerprint density at radius 2 is 2.14 bits per heavy atom. The SMILES string of the molecule is CCNC(c1sccc1C)C1C2CCc3ccccc3C21. The Labute approximate surface area is 131 Å². The second-order valence-electron chi connectivity index (χ2n) is 6.51. The zero-order valence-corrected chi connectivity index (χ0v) is 13.6. The van der Waals surface area contributed by atoms with Gasteiger partial charge in [0.25, 0.3) is 0 Å². The number of benzene rings is 1. The average Bonchev–Trinajstić information content (AvgIpc) is 3.10. The zero-order chi connectivity index (χ0) is 14.4. The van der Waals surface area contributed by atoms with E-state index in [0.29, 0.717) is 6.04 Å². The molecule has 0 radical (unpaired) electrons. The van der Waals surface area contributed by atoms with Crippen molar-refractivity contribution >= 4 is 11.3 Å². The summed E-state index contributed by atoms with van der Waals surface area (Å²) in [5.74, 6) is 2.48. The van der Waals surface area contributed by atoms with E-state index in [9.17, 15) is 0 Å². The van der Waals surface area contributed by atoms with Crippen LogP contribution in [0.5, 0.6) is 0 Å². The van der Waals surface area contributed by atoms with E-state index in [4.69, 9.17) is 0 Å². The summed E-state index contributed by atoms with van der Waals surface area (Å²) in [6.07, 6.45) is 2.65. The molecule has 0 aliphatic heterocycles. The number of aryl methyl sites for hydroxylation is 2. The fourth-order valence-electron chi connectivity index (χ4n) is 4.40. The lowest BCUT2D eigenvalue weighted by molar-refractivity contribution is 0.465. The van der Waals surface area contributed by atoms with Gasteiger partial charge in [0.15, 0.2) is 0 Å². The second-order valence-corrected chi connectivity index (χ2v) is 7.46. The van der Waals surface area contributed by atoms with Gasteiger partial charge in [-0.2, -0.15) is 0 Å². The number of hydrogen-bond acceptors (Lipinski definition) is 2. The first kappa shape index (κ1) is 13.5. The predicted molar refractivity (Wildman–Crippen MR) is 90.0 cm³/mol. The van der Waals surface area contributed by atoms with Crippen molar-refractivity contribution in [1.29, 1.82) is 0 Å². The van der Waals surface area contributed by atoms with Gasteiger partial charge < -0.3 is 5.32 Å². The minimum atomic E-state index is 0.552. The van der Waals surface area contributed by atoms with Crippen molar-refractivity contribution in [2.75, 3.05) is 6.54 Å². The van der Waals surface area contributed by atoms with E-state index in [1.807, 2.05) is 11.3 Å². The van der Waals surface area contributed by atoms with Crippen LogP contribution >= 0.6 is 11.3 Å². The van der Waals surface area contributed by atoms with E-state index in [1.54, 1.807) is 16.0 Å². The molecule has 2 heteroatoms. The van der Waals surface area contributed by atoms with Crippen LogP contribution < -0.4 is 5.32 Å². The Bertz CT molecular complexity index is 645. The van der Waals surface area contributed by atoms with Crippen molar-refractivity contribution in [3.05, 3.63) is 57.3 Å². The average molecular weight is 297 g/mol. The third-order valence-corrected chi connectivity index (χ3v) is 6.49. The van der Waals surface area contributed by atoms with E-state index < -0.39 is 0 Å². The van der Waals surface area contributed by atoms with E-state index in [0.717, 1.165) is 24.3 Å². The lowest BCUT2D eigenvalue weighted by Gasteiger charge is -2.18. The highest BCUT2D eigenvalue weighted by Gasteiger charge is 2.56. The van der Waals surface area contributed by atoms with Crippen molar-refractivity contribution < 1.29 is 0 Å². The molecule has 0 bridgehead atoms. The molecule has 1 fully saturated rings. The van der Waals surface area contributed by atoms with Gasteiger partial charge in [-0.3, -0.25) is 0 Å². The minimum Gasteiger partial charge on any atom is -0.309 e. The Morgan fingerprint density at radius 3 is 2.90 bits per heavy atom. The molecule has 0 spiro atoms. The van der Waals surface area contributed by atoms with Crippen LogP contribution in [0.2, 0.25) is 0 Å². The fourth-order valence-corrected chi connectivity index (χ4v) is 5.46. The summed E-state index contributed by atoms with van der Waals surface area (Å²) in [5, 5.41) is 6.03. The van der Waals surface area contributed by atoms with Gasteiger partial charge in [0.05, 0.1) is 0 Å². The smallest absolute Gasteiger partial charge is 0.0454 e. The summed E-state index contributed by atoms with van der Waals surface area (Å²) in [6.45, 7) is 5.55. The summed E-state index contributed by atoms with van der Waals surface area (Å²) in [5.41, 5.74) is 4.69. The quantitative estimate of drug-likeness (QED) is 0.863. The molecule has 1 saturated carbocycles. The van der Waals surface area contributed by atoms with Crippen molar-refractivity contribution in [2.45, 2.75) is 38.6 Å². The highest BCUT2D eigenvalue weighted by molar-refractivity contribution is 7.10. The number of nitrogens with one attached hydrogen (secondary N) is 1. The van der Waals surface area contributed by atoms with Crippen LogP contribution in [0.4, 0.5) is 0 Å². The first-order valence-corrected chi connectivity index (χ1v) is 9.04. The van der Waals surface area contributed by atoms with Crippen LogP contribution in [-0.4, -0.2) is 6.54 Å². The maximum atomic E-state index is 3.79. The van der Waals surface area contributed by atoms with Gasteiger partial charge >= 0.3 is 0 Å². The summed E-state index contributed by atoms with van der Waals surface area (Å²) in [6, 6.07) is 11.9. The van der Waals surface area contributed by atoms with Crippen LogP contribution in [0.25, 0.3) is 0 Å². The standard InChI is InChI=1S/C19H23NS/c1-3-20-18(19-12(2)10-11-21-19)17-15-9-8-13-6-4-5-7-14(13)16(15)17/h4-7,10-11,15-18,20H,3,8-9H2,1-2H3. The van der Waals surface area contributed by atoms with Gasteiger partial charge in [-0.15, -0.1) is 11.3 Å². The molecule has 2 aromatic rings. The Kier molecular flexibility index (Phi) is 3.39. The first-order chi connectivity index (χ1) is 10.3. The van der Waals surface area contributed by atoms with Gasteiger partial charge in [-0.1, -0.05) is 31.2 Å². The maximum absolute atomic E-state index is 3.79. The Morgan fingerprint density at radius 1 is 1.29 bits per heavy atom. The van der Waals surface area contributed by atoms with Gasteiger partial charge in [-0.05, 0) is 72.2 Å². The molecule has 2 aliphatic rings. The highest BCUT2D eigenvalue weighted by Crippen LogP contribution is 2.64. The molecule has 4 unspecified atom stereocenters. The summed E-state index contributed by atoms with van der Waals surface area (Å²) in [7, 11) is 0. The lowest BCUT2D eigenvalue weighted by atomic mass is 9.92. The minimum absolute atomic E-state index is 0.552. The molecule has 110 valence electrons. The van der Waals surface area contributed by atoms with Gasteiger partial charge in [-0.25, -0.2) is 0 Å². The molecular weight excluding hydrogens is 274 g/mol. The monoisotopic (exact) mass is 297 g/mol. The molecule has 1 aromatic carbocycles. The van der Waals surface area contributed by atoms with Gasteiger partial charge in [0.2, 0.25) is 0 Å². The fraction of sp³-hybridized carbons (Fsp3) is 0.474. The topological polar surface area (TPSA) is 12.0 Å². The first-order valence-electron chi connectivity index (χ1n) is 8.16. The molecule has 0 amide bonds. The van der Waals surface area contributed by atoms with Crippen molar-refractivity contribution in [3.63, 3.8) is 0 Å². The predicted octanol–water partition coefficient (Wildman–Crippen LogP) is 4.68. The largest absolute Gasteiger partial charge is 0.309 e. The molecule has 4 rings (SSSR count). The molecule has 1 heterocycles. The van der Waals surface area contributed by atoms with E-state index in [-0.39, 0.29) is 0 Å². The van der Waals surface area contributed by atoms with Crippen molar-refractivity contribution in [2.24, 2.45) is 11.8 Å². The highest BCUT2D eigenvalue weighted by atomic mass is 32.1. The van der Waals surface area contributed by atoms with Crippen molar-refractivity contribution in [3.8, 4) is 0 Å². The number of rotatable bonds is 4. The van der Waals surface area contributed by atoms with Crippen molar-refractivity contribution in [1.82, 2.24) is 5.32 Å². The van der Waals surface area contributed by atoms with Crippen LogP contribution in [0, 0.1) is 18.8 Å². The van der Waals surface area contributed by atoms with Crippen LogP contribution in [0.15, 0.2) is 35.7 Å². The normalized spacial score (nSPS) is 27.8. The van der Waals surface area contributed by atoms with Crippen LogP contribution in [-0.2, 0) is 6.42 Å². The third kappa shape index (κ3) is 2.16. The number of thiophene rings is 1. The molecule has 0 saturated heterocycles. The Balaban J connectivity index is 1.67. The number of fused-ring (bicyclic) bond motifs is 3. The van der Waals surface area contributed by atoms with E-state index >= 15 is 0 Å². The summed E-state index contributed by atoms with van der Waals surface area (Å²) >= 11 is 1.93. The van der Waals surface area contributed by atoms with E-state index in [1.165, 1.54) is 18.4 Å². The molecule has 2 aliphatic carbocycles.